The van der Waals surface area contributed by atoms with Crippen molar-refractivity contribution in [3.05, 3.63) is 24.3 Å². The van der Waals surface area contributed by atoms with Crippen LogP contribution in [0.4, 0.5) is 0 Å². The minimum Gasteiger partial charge on any atom is -0.485 e. The number of carbonyl (C=O) groups excluding carboxylic acids is 2. The topological polar surface area (TPSA) is 77.1 Å². The molecule has 3 rings (SSSR count). The van der Waals surface area contributed by atoms with Crippen molar-refractivity contribution in [1.82, 2.24) is 10.2 Å². The Morgan fingerprint density at radius 3 is 2.87 bits per heavy atom. The number of rotatable bonds is 1. The average molecular weight is 320 g/mol. The molecule has 7 heteroatoms. The fourth-order valence-corrected chi connectivity index (χ4v) is 2.54. The zero-order valence-electron chi connectivity index (χ0n) is 12.8. The standard InChI is InChI=1S/C16H20N2O5/c19-15-5-7-18(8-10-21-9-6-17-15)16(20)14-11-22-12-3-1-2-4-13(12)23-14/h1-4,14H,5-11H2,(H,17,19). The van der Waals surface area contributed by atoms with Crippen LogP contribution in [0.1, 0.15) is 6.42 Å². The fraction of sp³-hybridized carbons (Fsp3) is 0.500. The number of benzene rings is 1. The van der Waals surface area contributed by atoms with Gasteiger partial charge < -0.3 is 24.4 Å². The molecule has 0 aliphatic carbocycles. The lowest BCUT2D eigenvalue weighted by atomic mass is 10.2. The van der Waals surface area contributed by atoms with Crippen molar-refractivity contribution in [3.8, 4) is 11.5 Å². The smallest absolute Gasteiger partial charge is 0.267 e. The van der Waals surface area contributed by atoms with Gasteiger partial charge in [0.05, 0.1) is 13.2 Å². The van der Waals surface area contributed by atoms with Crippen LogP contribution in [0.2, 0.25) is 0 Å². The van der Waals surface area contributed by atoms with Gasteiger partial charge >= 0.3 is 0 Å². The van der Waals surface area contributed by atoms with Gasteiger partial charge in [0.25, 0.3) is 5.91 Å². The van der Waals surface area contributed by atoms with Crippen molar-refractivity contribution in [2.45, 2.75) is 12.5 Å². The predicted octanol–water partition coefficient (Wildman–Crippen LogP) is 0.191. The molecular formula is C16H20N2O5. The lowest BCUT2D eigenvalue weighted by Gasteiger charge is -2.31. The zero-order chi connectivity index (χ0) is 16.1. The third-order valence-electron chi connectivity index (χ3n) is 3.78. The first-order valence-electron chi connectivity index (χ1n) is 7.76. The molecule has 1 unspecified atom stereocenters. The largest absolute Gasteiger partial charge is 0.485 e. The molecule has 1 atom stereocenters. The second-order valence-electron chi connectivity index (χ2n) is 5.40. The van der Waals surface area contributed by atoms with E-state index >= 15 is 0 Å². The van der Waals surface area contributed by atoms with E-state index in [4.69, 9.17) is 14.2 Å². The molecule has 1 saturated heterocycles. The molecule has 1 N–H and O–H groups in total. The Bertz CT molecular complexity index is 577. The lowest BCUT2D eigenvalue weighted by Crippen LogP contribution is -2.49. The van der Waals surface area contributed by atoms with Gasteiger partial charge in [0.2, 0.25) is 12.0 Å². The van der Waals surface area contributed by atoms with Crippen LogP contribution >= 0.6 is 0 Å². The molecule has 2 aliphatic heterocycles. The van der Waals surface area contributed by atoms with Crippen molar-refractivity contribution in [1.29, 1.82) is 0 Å². The van der Waals surface area contributed by atoms with Crippen LogP contribution in [0.3, 0.4) is 0 Å². The molecule has 124 valence electrons. The molecule has 1 aromatic rings. The number of fused-ring (bicyclic) bond motifs is 1. The summed E-state index contributed by atoms with van der Waals surface area (Å²) in [5, 5.41) is 2.75. The number of hydrogen-bond acceptors (Lipinski definition) is 5. The summed E-state index contributed by atoms with van der Waals surface area (Å²) < 4.78 is 16.7. The summed E-state index contributed by atoms with van der Waals surface area (Å²) in [4.78, 5) is 25.9. The molecule has 1 fully saturated rings. The molecule has 7 nitrogen and oxygen atoms in total. The van der Waals surface area contributed by atoms with Crippen molar-refractivity contribution in [2.24, 2.45) is 0 Å². The normalized spacial score (nSPS) is 22.2. The van der Waals surface area contributed by atoms with Gasteiger partial charge in [0, 0.05) is 26.1 Å². The Kier molecular flexibility index (Phi) is 4.97. The lowest BCUT2D eigenvalue weighted by molar-refractivity contribution is -0.142. The van der Waals surface area contributed by atoms with E-state index in [1.54, 1.807) is 17.0 Å². The van der Waals surface area contributed by atoms with Crippen LogP contribution in [0.5, 0.6) is 11.5 Å². The molecule has 2 aliphatic rings. The summed E-state index contributed by atoms with van der Waals surface area (Å²) in [5.41, 5.74) is 0. The second-order valence-corrected chi connectivity index (χ2v) is 5.40. The van der Waals surface area contributed by atoms with Crippen molar-refractivity contribution < 1.29 is 23.8 Å². The molecule has 23 heavy (non-hydrogen) atoms. The quantitative estimate of drug-likeness (QED) is 0.799. The van der Waals surface area contributed by atoms with Crippen LogP contribution in [0.25, 0.3) is 0 Å². The first kappa shape index (κ1) is 15.6. The van der Waals surface area contributed by atoms with Crippen LogP contribution in [0, 0.1) is 0 Å². The molecule has 2 heterocycles. The summed E-state index contributed by atoms with van der Waals surface area (Å²) in [6, 6.07) is 7.26. The first-order valence-corrected chi connectivity index (χ1v) is 7.76. The molecule has 2 amide bonds. The number of para-hydroxylation sites is 2. The Morgan fingerprint density at radius 2 is 2.00 bits per heavy atom. The van der Waals surface area contributed by atoms with E-state index in [1.165, 1.54) is 0 Å². The highest BCUT2D eigenvalue weighted by atomic mass is 16.6. The monoisotopic (exact) mass is 320 g/mol. The molecule has 0 saturated carbocycles. The van der Waals surface area contributed by atoms with Crippen molar-refractivity contribution in [2.75, 3.05) is 39.5 Å². The Hall–Kier alpha value is -2.28. The number of nitrogens with zero attached hydrogens (tertiary/aromatic N) is 1. The highest BCUT2D eigenvalue weighted by Gasteiger charge is 2.31. The number of hydrogen-bond donors (Lipinski definition) is 1. The van der Waals surface area contributed by atoms with Gasteiger partial charge in [-0.2, -0.15) is 0 Å². The molecule has 1 aromatic carbocycles. The van der Waals surface area contributed by atoms with E-state index in [9.17, 15) is 9.59 Å². The molecule has 0 spiro atoms. The maximum absolute atomic E-state index is 12.7. The minimum absolute atomic E-state index is 0.0838. The maximum atomic E-state index is 12.7. The Labute approximate surface area is 134 Å². The van der Waals surface area contributed by atoms with Crippen LogP contribution in [-0.2, 0) is 14.3 Å². The number of nitrogens with one attached hydrogen (secondary N) is 1. The van der Waals surface area contributed by atoms with Gasteiger partial charge in [0.1, 0.15) is 6.61 Å². The van der Waals surface area contributed by atoms with Crippen LogP contribution in [-0.4, -0.2) is 62.3 Å². The fourth-order valence-electron chi connectivity index (χ4n) is 2.54. The number of amides is 2. The first-order chi connectivity index (χ1) is 11.2. The van der Waals surface area contributed by atoms with E-state index in [1.807, 2.05) is 12.1 Å². The SMILES string of the molecule is O=C1CCN(C(=O)C2COc3ccccc3O2)CCOCCN1. The van der Waals surface area contributed by atoms with Gasteiger partial charge in [-0.15, -0.1) is 0 Å². The van der Waals surface area contributed by atoms with E-state index < -0.39 is 6.10 Å². The summed E-state index contributed by atoms with van der Waals surface area (Å²) >= 11 is 0. The van der Waals surface area contributed by atoms with Gasteiger partial charge in [-0.05, 0) is 12.1 Å². The zero-order valence-corrected chi connectivity index (χ0v) is 12.8. The van der Waals surface area contributed by atoms with Gasteiger partial charge in [0.15, 0.2) is 11.5 Å². The van der Waals surface area contributed by atoms with Gasteiger partial charge in [-0.3, -0.25) is 9.59 Å². The number of carbonyl (C=O) groups is 2. The van der Waals surface area contributed by atoms with Crippen LogP contribution in [0.15, 0.2) is 24.3 Å². The Balaban J connectivity index is 1.64. The third-order valence-corrected chi connectivity index (χ3v) is 3.78. The highest BCUT2D eigenvalue weighted by Crippen LogP contribution is 2.31. The second kappa shape index (κ2) is 7.32. The van der Waals surface area contributed by atoms with Crippen LogP contribution < -0.4 is 14.8 Å². The summed E-state index contributed by atoms with van der Waals surface area (Å²) in [6.45, 7) is 2.33. The molecule has 0 bridgehead atoms. The summed E-state index contributed by atoms with van der Waals surface area (Å²) in [5.74, 6) is 0.934. The molecule has 0 aromatic heterocycles. The molecule has 0 radical (unpaired) electrons. The summed E-state index contributed by atoms with van der Waals surface area (Å²) in [7, 11) is 0. The maximum Gasteiger partial charge on any atom is 0.267 e. The van der Waals surface area contributed by atoms with Crippen molar-refractivity contribution in [3.63, 3.8) is 0 Å². The van der Waals surface area contributed by atoms with Crippen molar-refractivity contribution >= 4 is 11.8 Å². The van der Waals surface area contributed by atoms with E-state index in [0.717, 1.165) is 0 Å². The number of ether oxygens (including phenoxy) is 3. The average Bonchev–Trinajstić information content (AvgIpc) is 2.59. The summed E-state index contributed by atoms with van der Waals surface area (Å²) in [6.07, 6.45) is -0.425. The van der Waals surface area contributed by atoms with E-state index in [-0.39, 0.29) is 24.8 Å². The highest BCUT2D eigenvalue weighted by molar-refractivity contribution is 5.83. The minimum atomic E-state index is -0.698. The predicted molar refractivity (Wildman–Crippen MR) is 81.4 cm³/mol. The Morgan fingerprint density at radius 1 is 1.17 bits per heavy atom. The van der Waals surface area contributed by atoms with Gasteiger partial charge in [-0.25, -0.2) is 0 Å². The van der Waals surface area contributed by atoms with E-state index in [0.29, 0.717) is 44.3 Å². The third kappa shape index (κ3) is 3.92. The molecular weight excluding hydrogens is 300 g/mol. The van der Waals surface area contributed by atoms with Gasteiger partial charge in [-0.1, -0.05) is 12.1 Å². The van der Waals surface area contributed by atoms with E-state index in [2.05, 4.69) is 5.32 Å².